The Bertz CT molecular complexity index is 1230. The largest absolute Gasteiger partial charge is 0.320 e. The van der Waals surface area contributed by atoms with E-state index < -0.39 is 26.7 Å². The number of carbonyl (C=O) groups is 1. The first-order chi connectivity index (χ1) is 14.2. The van der Waals surface area contributed by atoms with Gasteiger partial charge in [-0.05, 0) is 48.5 Å². The fraction of sp³-hybridized carbons (Fsp3) is 0. The molecule has 0 bridgehead atoms. The second-order valence-corrected chi connectivity index (χ2v) is 8.11. The Morgan fingerprint density at radius 1 is 1.03 bits per heavy atom. The molecule has 11 heteroatoms. The predicted molar refractivity (Wildman–Crippen MR) is 110 cm³/mol. The fourth-order valence-corrected chi connectivity index (χ4v) is 3.72. The Morgan fingerprint density at radius 3 is 2.40 bits per heavy atom. The SMILES string of the molecule is O=C(Nc1cc([N+](=O)[O-])ccc1Cl)c1cccc(S(=O)(=O)Nc2ccc(F)cc2)c1. The van der Waals surface area contributed by atoms with Gasteiger partial charge in [-0.1, -0.05) is 17.7 Å². The van der Waals surface area contributed by atoms with E-state index in [9.17, 15) is 27.7 Å². The molecule has 8 nitrogen and oxygen atoms in total. The van der Waals surface area contributed by atoms with Crippen LogP contribution in [-0.4, -0.2) is 19.2 Å². The Hall–Kier alpha value is -3.50. The number of nitrogens with zero attached hydrogens (tertiary/aromatic N) is 1. The normalized spacial score (nSPS) is 11.0. The zero-order valence-electron chi connectivity index (χ0n) is 15.0. The number of halogens is 2. The average molecular weight is 450 g/mol. The molecule has 0 aromatic heterocycles. The monoisotopic (exact) mass is 449 g/mol. The van der Waals surface area contributed by atoms with Crippen LogP contribution in [0.25, 0.3) is 0 Å². The number of non-ortho nitro benzene ring substituents is 1. The molecule has 0 aliphatic carbocycles. The number of nitro benzene ring substituents is 1. The lowest BCUT2D eigenvalue weighted by Crippen LogP contribution is -2.16. The molecule has 0 aliphatic heterocycles. The van der Waals surface area contributed by atoms with Crippen LogP contribution in [0.1, 0.15) is 10.4 Å². The molecule has 0 heterocycles. The summed E-state index contributed by atoms with van der Waals surface area (Å²) in [7, 11) is -4.05. The van der Waals surface area contributed by atoms with Crippen molar-refractivity contribution in [3.05, 3.63) is 93.2 Å². The van der Waals surface area contributed by atoms with Crippen molar-refractivity contribution in [3.63, 3.8) is 0 Å². The number of hydrogen-bond acceptors (Lipinski definition) is 5. The lowest BCUT2D eigenvalue weighted by molar-refractivity contribution is -0.384. The predicted octanol–water partition coefficient (Wildman–Crippen LogP) is 4.44. The number of sulfonamides is 1. The van der Waals surface area contributed by atoms with Gasteiger partial charge in [-0.3, -0.25) is 19.6 Å². The average Bonchev–Trinajstić information content (AvgIpc) is 2.71. The van der Waals surface area contributed by atoms with Crippen molar-refractivity contribution in [2.24, 2.45) is 0 Å². The van der Waals surface area contributed by atoms with Gasteiger partial charge < -0.3 is 5.32 Å². The number of carbonyl (C=O) groups excluding carboxylic acids is 1. The number of rotatable bonds is 6. The Balaban J connectivity index is 1.84. The second-order valence-electron chi connectivity index (χ2n) is 6.02. The van der Waals surface area contributed by atoms with Crippen LogP contribution in [0.3, 0.4) is 0 Å². The van der Waals surface area contributed by atoms with E-state index in [0.717, 1.165) is 24.3 Å². The van der Waals surface area contributed by atoms with Crippen molar-refractivity contribution in [2.75, 3.05) is 10.0 Å². The molecule has 3 aromatic rings. The first-order valence-electron chi connectivity index (χ1n) is 8.29. The second kappa shape index (κ2) is 8.47. The molecule has 0 spiro atoms. The summed E-state index contributed by atoms with van der Waals surface area (Å²) in [5, 5.41) is 13.4. The summed E-state index contributed by atoms with van der Waals surface area (Å²) >= 11 is 5.97. The maximum atomic E-state index is 13.0. The summed E-state index contributed by atoms with van der Waals surface area (Å²) in [5.41, 5.74) is -0.128. The fourth-order valence-electron chi connectivity index (χ4n) is 2.45. The van der Waals surface area contributed by atoms with Crippen molar-refractivity contribution in [2.45, 2.75) is 4.90 Å². The van der Waals surface area contributed by atoms with E-state index in [-0.39, 0.29) is 32.5 Å². The highest BCUT2D eigenvalue weighted by atomic mass is 35.5. The van der Waals surface area contributed by atoms with Gasteiger partial charge in [0.1, 0.15) is 5.82 Å². The van der Waals surface area contributed by atoms with Crippen LogP contribution in [0.4, 0.5) is 21.5 Å². The van der Waals surface area contributed by atoms with Crippen LogP contribution in [0.2, 0.25) is 5.02 Å². The lowest BCUT2D eigenvalue weighted by Gasteiger charge is -2.10. The maximum absolute atomic E-state index is 13.0. The molecule has 1 amide bonds. The third-order valence-electron chi connectivity index (χ3n) is 3.91. The van der Waals surface area contributed by atoms with Gasteiger partial charge in [0.25, 0.3) is 21.6 Å². The van der Waals surface area contributed by atoms with Crippen LogP contribution in [0.5, 0.6) is 0 Å². The van der Waals surface area contributed by atoms with E-state index in [2.05, 4.69) is 10.0 Å². The molecule has 2 N–H and O–H groups in total. The number of nitrogens with one attached hydrogen (secondary N) is 2. The molecule has 3 aromatic carbocycles. The zero-order valence-corrected chi connectivity index (χ0v) is 16.6. The molecule has 3 rings (SSSR count). The summed E-state index contributed by atoms with van der Waals surface area (Å²) in [6.07, 6.45) is 0. The first-order valence-corrected chi connectivity index (χ1v) is 10.2. The van der Waals surface area contributed by atoms with Crippen molar-refractivity contribution < 1.29 is 22.5 Å². The van der Waals surface area contributed by atoms with E-state index >= 15 is 0 Å². The summed E-state index contributed by atoms with van der Waals surface area (Å²) in [6, 6.07) is 13.4. The quantitative estimate of drug-likeness (QED) is 0.426. The number of anilines is 2. The highest BCUT2D eigenvalue weighted by Crippen LogP contribution is 2.27. The minimum absolute atomic E-state index is 0.00793. The summed E-state index contributed by atoms with van der Waals surface area (Å²) in [6.45, 7) is 0. The summed E-state index contributed by atoms with van der Waals surface area (Å²) < 4.78 is 40.4. The zero-order chi connectivity index (χ0) is 21.9. The molecule has 30 heavy (non-hydrogen) atoms. The van der Waals surface area contributed by atoms with E-state index in [0.29, 0.717) is 0 Å². The molecule has 154 valence electrons. The molecular formula is C19H13ClFN3O5S. The van der Waals surface area contributed by atoms with Gasteiger partial charge >= 0.3 is 0 Å². The molecule has 0 radical (unpaired) electrons. The van der Waals surface area contributed by atoms with E-state index in [1.807, 2.05) is 0 Å². The van der Waals surface area contributed by atoms with E-state index in [1.54, 1.807) is 0 Å². The van der Waals surface area contributed by atoms with Gasteiger partial charge in [0, 0.05) is 23.4 Å². The van der Waals surface area contributed by atoms with Crippen LogP contribution in [0, 0.1) is 15.9 Å². The van der Waals surface area contributed by atoms with Gasteiger partial charge in [0.05, 0.1) is 20.5 Å². The van der Waals surface area contributed by atoms with Crippen molar-refractivity contribution in [1.82, 2.24) is 0 Å². The van der Waals surface area contributed by atoms with Gasteiger partial charge in [0.15, 0.2) is 0 Å². The number of amides is 1. The van der Waals surface area contributed by atoms with Crippen molar-refractivity contribution in [1.29, 1.82) is 0 Å². The molecule has 0 saturated heterocycles. The van der Waals surface area contributed by atoms with Crippen LogP contribution >= 0.6 is 11.6 Å². The highest BCUT2D eigenvalue weighted by Gasteiger charge is 2.18. The summed E-state index contributed by atoms with van der Waals surface area (Å²) in [5.74, 6) is -1.23. The lowest BCUT2D eigenvalue weighted by atomic mass is 10.2. The Morgan fingerprint density at radius 2 is 1.73 bits per heavy atom. The van der Waals surface area contributed by atoms with Gasteiger partial charge in [-0.25, -0.2) is 12.8 Å². The Labute approximate surface area is 175 Å². The number of hydrogen-bond donors (Lipinski definition) is 2. The third-order valence-corrected chi connectivity index (χ3v) is 5.62. The minimum Gasteiger partial charge on any atom is -0.320 e. The first kappa shape index (κ1) is 21.2. The van der Waals surface area contributed by atoms with Crippen molar-refractivity contribution in [3.8, 4) is 0 Å². The maximum Gasteiger partial charge on any atom is 0.271 e. The molecule has 0 aliphatic rings. The highest BCUT2D eigenvalue weighted by molar-refractivity contribution is 7.92. The standard InChI is InChI=1S/C19H13ClFN3O5S/c20-17-9-8-15(24(26)27)11-18(17)22-19(25)12-2-1-3-16(10-12)30(28,29)23-14-6-4-13(21)5-7-14/h1-11,23H,(H,22,25). The molecule has 0 saturated carbocycles. The summed E-state index contributed by atoms with van der Waals surface area (Å²) in [4.78, 5) is 22.6. The number of benzene rings is 3. The molecular weight excluding hydrogens is 437 g/mol. The van der Waals surface area contributed by atoms with E-state index in [1.165, 1.54) is 42.5 Å². The van der Waals surface area contributed by atoms with E-state index in [4.69, 9.17) is 11.6 Å². The molecule has 0 atom stereocenters. The number of nitro groups is 1. The van der Waals surface area contributed by atoms with Crippen LogP contribution < -0.4 is 10.0 Å². The smallest absolute Gasteiger partial charge is 0.271 e. The van der Waals surface area contributed by atoms with Gasteiger partial charge in [-0.2, -0.15) is 0 Å². The topological polar surface area (TPSA) is 118 Å². The minimum atomic E-state index is -4.05. The van der Waals surface area contributed by atoms with Gasteiger partial charge in [-0.15, -0.1) is 0 Å². The Kier molecular flexibility index (Phi) is 5.99. The van der Waals surface area contributed by atoms with Crippen LogP contribution in [0.15, 0.2) is 71.6 Å². The van der Waals surface area contributed by atoms with Crippen LogP contribution in [-0.2, 0) is 10.0 Å². The molecule has 0 unspecified atom stereocenters. The van der Waals surface area contributed by atoms with Crippen molar-refractivity contribution >= 4 is 44.6 Å². The van der Waals surface area contributed by atoms with Gasteiger partial charge in [0.2, 0.25) is 0 Å². The molecule has 0 fully saturated rings. The third kappa shape index (κ3) is 4.91.